The van der Waals surface area contributed by atoms with Gasteiger partial charge in [-0.1, -0.05) is 71.1 Å². The average molecular weight is 671 g/mol. The van der Waals surface area contributed by atoms with Crippen molar-refractivity contribution in [2.45, 2.75) is 76.4 Å². The van der Waals surface area contributed by atoms with Crippen molar-refractivity contribution in [1.29, 1.82) is 0 Å². The standard InChI is InChI=1S/C33H40BrN3O5S/c1-23-10-17-29(18-11-23)43(40,41)37(30-20-24(2)12-19-31(30)42-4)22-32(38)36(21-26-13-15-27(34)16-14-26)25(3)33(39)35-28-8-6-5-7-9-28/h10-20,25,28H,5-9,21-22H2,1-4H3,(H,35,39)/t25-/m0/s1. The molecule has 0 saturated heterocycles. The zero-order chi connectivity index (χ0) is 31.1. The number of halogens is 1. The molecule has 3 aromatic rings. The van der Waals surface area contributed by atoms with Gasteiger partial charge in [0.2, 0.25) is 11.8 Å². The molecule has 1 aliphatic rings. The summed E-state index contributed by atoms with van der Waals surface area (Å²) in [6.07, 6.45) is 5.10. The number of nitrogens with one attached hydrogen (secondary N) is 1. The van der Waals surface area contributed by atoms with Crippen molar-refractivity contribution in [3.8, 4) is 5.75 Å². The molecule has 0 heterocycles. The maximum atomic E-state index is 14.2. The van der Waals surface area contributed by atoms with E-state index in [9.17, 15) is 18.0 Å². The number of ether oxygens (including phenoxy) is 1. The van der Waals surface area contributed by atoms with Crippen LogP contribution in [0.1, 0.15) is 55.7 Å². The van der Waals surface area contributed by atoms with E-state index in [4.69, 9.17) is 4.74 Å². The molecule has 0 bridgehead atoms. The molecule has 8 nitrogen and oxygen atoms in total. The fourth-order valence-corrected chi connectivity index (χ4v) is 6.96. The van der Waals surface area contributed by atoms with Gasteiger partial charge < -0.3 is 15.0 Å². The lowest BCUT2D eigenvalue weighted by atomic mass is 9.95. The van der Waals surface area contributed by atoms with Gasteiger partial charge in [-0.15, -0.1) is 0 Å². The van der Waals surface area contributed by atoms with E-state index in [-0.39, 0.29) is 29.1 Å². The molecule has 0 unspecified atom stereocenters. The number of anilines is 1. The number of nitrogens with zero attached hydrogens (tertiary/aromatic N) is 2. The summed E-state index contributed by atoms with van der Waals surface area (Å²) in [4.78, 5) is 29.2. The average Bonchev–Trinajstić information content (AvgIpc) is 2.99. The summed E-state index contributed by atoms with van der Waals surface area (Å²) in [5.41, 5.74) is 2.78. The Morgan fingerprint density at radius 3 is 2.21 bits per heavy atom. The highest BCUT2D eigenvalue weighted by molar-refractivity contribution is 9.10. The number of carbonyl (C=O) groups excluding carboxylic acids is 2. The van der Waals surface area contributed by atoms with E-state index in [1.165, 1.54) is 24.1 Å². The van der Waals surface area contributed by atoms with Crippen LogP contribution in [0.25, 0.3) is 0 Å². The number of carbonyl (C=O) groups is 2. The van der Waals surface area contributed by atoms with Crippen molar-refractivity contribution < 1.29 is 22.7 Å². The van der Waals surface area contributed by atoms with E-state index in [0.29, 0.717) is 5.75 Å². The maximum absolute atomic E-state index is 14.2. The molecule has 4 rings (SSSR count). The van der Waals surface area contributed by atoms with Gasteiger partial charge in [-0.3, -0.25) is 13.9 Å². The van der Waals surface area contributed by atoms with Crippen LogP contribution in [0.5, 0.6) is 5.75 Å². The molecule has 3 aromatic carbocycles. The number of methoxy groups -OCH3 is 1. The van der Waals surface area contributed by atoms with Crippen molar-refractivity contribution >= 4 is 43.5 Å². The summed E-state index contributed by atoms with van der Waals surface area (Å²) in [5.74, 6) is -0.441. The van der Waals surface area contributed by atoms with Crippen LogP contribution in [0, 0.1) is 13.8 Å². The van der Waals surface area contributed by atoms with Crippen LogP contribution in [0.4, 0.5) is 5.69 Å². The van der Waals surface area contributed by atoms with E-state index in [1.807, 2.05) is 44.2 Å². The quantitative estimate of drug-likeness (QED) is 0.265. The maximum Gasteiger partial charge on any atom is 0.264 e. The van der Waals surface area contributed by atoms with E-state index in [0.717, 1.165) is 57.6 Å². The molecular weight excluding hydrogens is 630 g/mol. The van der Waals surface area contributed by atoms with Gasteiger partial charge in [0.15, 0.2) is 0 Å². The molecule has 0 aliphatic heterocycles. The van der Waals surface area contributed by atoms with E-state index < -0.39 is 28.5 Å². The van der Waals surface area contributed by atoms with Gasteiger partial charge in [0.05, 0.1) is 17.7 Å². The fourth-order valence-electron chi connectivity index (χ4n) is 5.28. The highest BCUT2D eigenvalue weighted by atomic mass is 79.9. The Balaban J connectivity index is 1.72. The van der Waals surface area contributed by atoms with Gasteiger partial charge in [0.1, 0.15) is 18.3 Å². The normalized spacial score (nSPS) is 14.5. The lowest BCUT2D eigenvalue weighted by Crippen LogP contribution is -2.53. The van der Waals surface area contributed by atoms with Gasteiger partial charge in [0.25, 0.3) is 10.0 Å². The zero-order valence-electron chi connectivity index (χ0n) is 25.2. The molecule has 1 aliphatic carbocycles. The minimum atomic E-state index is -4.20. The molecule has 1 N–H and O–H groups in total. The minimum Gasteiger partial charge on any atom is -0.495 e. The monoisotopic (exact) mass is 669 g/mol. The number of amides is 2. The third-order valence-electron chi connectivity index (χ3n) is 7.88. The molecule has 0 radical (unpaired) electrons. The van der Waals surface area contributed by atoms with Crippen molar-refractivity contribution in [3.63, 3.8) is 0 Å². The SMILES string of the molecule is COc1ccc(C)cc1N(CC(=O)N(Cc1ccc(Br)cc1)[C@@H](C)C(=O)NC1CCCCC1)S(=O)(=O)c1ccc(C)cc1. The molecule has 1 saturated carbocycles. The van der Waals surface area contributed by atoms with Crippen molar-refractivity contribution in [1.82, 2.24) is 10.2 Å². The summed E-state index contributed by atoms with van der Waals surface area (Å²) in [6, 6.07) is 18.4. The van der Waals surface area contributed by atoms with Crippen molar-refractivity contribution in [3.05, 3.63) is 87.9 Å². The summed E-state index contributed by atoms with van der Waals surface area (Å²) < 4.78 is 35.8. The first kappa shape index (κ1) is 32.5. The summed E-state index contributed by atoms with van der Waals surface area (Å²) in [7, 11) is -2.73. The van der Waals surface area contributed by atoms with Crippen LogP contribution >= 0.6 is 15.9 Å². The van der Waals surface area contributed by atoms with Crippen LogP contribution in [-0.2, 0) is 26.2 Å². The Kier molecular flexibility index (Phi) is 10.9. The second-order valence-electron chi connectivity index (χ2n) is 11.2. The Morgan fingerprint density at radius 1 is 0.953 bits per heavy atom. The number of rotatable bonds is 11. The smallest absolute Gasteiger partial charge is 0.264 e. The first-order valence-corrected chi connectivity index (χ1v) is 16.8. The topological polar surface area (TPSA) is 96.0 Å². The molecule has 0 spiro atoms. The Bertz CT molecular complexity index is 1520. The lowest BCUT2D eigenvalue weighted by molar-refractivity contribution is -0.139. The van der Waals surface area contributed by atoms with Gasteiger partial charge in [-0.2, -0.15) is 0 Å². The minimum absolute atomic E-state index is 0.0528. The third kappa shape index (κ3) is 8.17. The highest BCUT2D eigenvalue weighted by Gasteiger charge is 2.34. The predicted octanol–water partition coefficient (Wildman–Crippen LogP) is 6.14. The molecule has 1 fully saturated rings. The van der Waals surface area contributed by atoms with E-state index in [2.05, 4.69) is 21.2 Å². The van der Waals surface area contributed by atoms with E-state index in [1.54, 1.807) is 31.2 Å². The first-order valence-electron chi connectivity index (χ1n) is 14.6. The second kappa shape index (κ2) is 14.4. The molecular formula is C33H40BrN3O5S. The fraction of sp³-hybridized carbons (Fsp3) is 0.394. The molecule has 43 heavy (non-hydrogen) atoms. The summed E-state index contributed by atoms with van der Waals surface area (Å²) in [6.45, 7) is 5.03. The number of hydrogen-bond donors (Lipinski definition) is 1. The molecule has 230 valence electrons. The summed E-state index contributed by atoms with van der Waals surface area (Å²) in [5, 5.41) is 3.13. The van der Waals surface area contributed by atoms with Crippen molar-refractivity contribution in [2.75, 3.05) is 18.0 Å². The van der Waals surface area contributed by atoms with Gasteiger partial charge in [0, 0.05) is 17.1 Å². The molecule has 10 heteroatoms. The first-order chi connectivity index (χ1) is 20.5. The van der Waals surface area contributed by atoms with Crippen molar-refractivity contribution in [2.24, 2.45) is 0 Å². The van der Waals surface area contributed by atoms with Crippen LogP contribution in [-0.4, -0.2) is 50.9 Å². The van der Waals surface area contributed by atoms with Crippen LogP contribution in [0.3, 0.4) is 0 Å². The molecule has 2 amide bonds. The molecule has 0 aromatic heterocycles. The number of benzene rings is 3. The van der Waals surface area contributed by atoms with Gasteiger partial charge in [-0.05, 0) is 81.1 Å². The van der Waals surface area contributed by atoms with Crippen LogP contribution in [0.2, 0.25) is 0 Å². The number of aryl methyl sites for hydroxylation is 2. The van der Waals surface area contributed by atoms with E-state index >= 15 is 0 Å². The van der Waals surface area contributed by atoms with Crippen LogP contribution < -0.4 is 14.4 Å². The predicted molar refractivity (Wildman–Crippen MR) is 173 cm³/mol. The Hall–Kier alpha value is -3.37. The zero-order valence-corrected chi connectivity index (χ0v) is 27.6. The van der Waals surface area contributed by atoms with Crippen LogP contribution in [0.15, 0.2) is 76.1 Å². The number of hydrogen-bond acceptors (Lipinski definition) is 5. The number of sulfonamides is 1. The Labute approximate surface area is 263 Å². The Morgan fingerprint density at radius 2 is 1.58 bits per heavy atom. The largest absolute Gasteiger partial charge is 0.495 e. The third-order valence-corrected chi connectivity index (χ3v) is 10.2. The second-order valence-corrected chi connectivity index (χ2v) is 13.9. The van der Waals surface area contributed by atoms with Gasteiger partial charge in [-0.25, -0.2) is 8.42 Å². The highest BCUT2D eigenvalue weighted by Crippen LogP contribution is 2.34. The van der Waals surface area contributed by atoms with Gasteiger partial charge >= 0.3 is 0 Å². The lowest BCUT2D eigenvalue weighted by Gasteiger charge is -2.33. The molecule has 1 atom stereocenters. The summed E-state index contributed by atoms with van der Waals surface area (Å²) >= 11 is 3.44.